The monoisotopic (exact) mass is 425 g/mol. The van der Waals surface area contributed by atoms with Crippen molar-refractivity contribution >= 4 is 12.1 Å². The number of likely N-dealkylation sites (tertiary alicyclic amines) is 1. The predicted octanol–water partition coefficient (Wildman–Crippen LogP) is 1.50. The largest absolute Gasteiger partial charge is 0.464 e. The topological polar surface area (TPSA) is 162 Å². The van der Waals surface area contributed by atoms with E-state index in [-0.39, 0.29) is 37.2 Å². The second-order valence-electron chi connectivity index (χ2n) is 6.43. The fourth-order valence-electron chi connectivity index (χ4n) is 2.80. The molecule has 1 aliphatic heterocycles. The first-order chi connectivity index (χ1) is 13.9. The van der Waals surface area contributed by atoms with Crippen LogP contribution in [0, 0.1) is 0 Å². The SMILES string of the molecule is O=C(OCCCCON(O)O)C1CCCN1C(=O)OCCCCCCON(O)O. The van der Waals surface area contributed by atoms with Crippen LogP contribution >= 0.6 is 0 Å². The van der Waals surface area contributed by atoms with Crippen molar-refractivity contribution in [2.75, 3.05) is 33.0 Å². The van der Waals surface area contributed by atoms with E-state index in [0.717, 1.165) is 12.8 Å². The van der Waals surface area contributed by atoms with Gasteiger partial charge in [-0.2, -0.15) is 0 Å². The number of carbonyl (C=O) groups excluding carboxylic acids is 2. The molecule has 4 N–H and O–H groups in total. The van der Waals surface area contributed by atoms with Crippen LogP contribution in [0.15, 0.2) is 0 Å². The van der Waals surface area contributed by atoms with Crippen molar-refractivity contribution in [2.24, 2.45) is 0 Å². The normalized spacial score (nSPS) is 16.6. The number of hydrogen-bond donors (Lipinski definition) is 4. The van der Waals surface area contributed by atoms with E-state index in [1.807, 2.05) is 0 Å². The summed E-state index contributed by atoms with van der Waals surface area (Å²) in [6, 6.07) is -0.652. The zero-order valence-corrected chi connectivity index (χ0v) is 16.3. The van der Waals surface area contributed by atoms with E-state index < -0.39 is 18.1 Å². The summed E-state index contributed by atoms with van der Waals surface area (Å²) in [5.41, 5.74) is 0. The molecule has 0 bridgehead atoms. The minimum atomic E-state index is -0.652. The maximum Gasteiger partial charge on any atom is 0.410 e. The average Bonchev–Trinajstić information content (AvgIpc) is 3.16. The molecule has 1 aliphatic rings. The average molecular weight is 425 g/mol. The molecule has 0 aromatic heterocycles. The van der Waals surface area contributed by atoms with Crippen molar-refractivity contribution < 1.29 is 49.6 Å². The number of rotatable bonds is 15. The second-order valence-corrected chi connectivity index (χ2v) is 6.43. The first-order valence-corrected chi connectivity index (χ1v) is 9.63. The van der Waals surface area contributed by atoms with Crippen molar-refractivity contribution in [2.45, 2.75) is 57.4 Å². The van der Waals surface area contributed by atoms with Crippen LogP contribution in [0.5, 0.6) is 0 Å². The smallest absolute Gasteiger partial charge is 0.410 e. The molecule has 0 aromatic carbocycles. The number of carbonyl (C=O) groups is 2. The molecule has 0 spiro atoms. The summed E-state index contributed by atoms with van der Waals surface area (Å²) < 4.78 is 10.4. The molecule has 13 nitrogen and oxygen atoms in total. The zero-order chi connectivity index (χ0) is 21.5. The maximum absolute atomic E-state index is 12.2. The minimum absolute atomic E-state index is 0.0702. The fraction of sp³-hybridized carbons (Fsp3) is 0.875. The minimum Gasteiger partial charge on any atom is -0.464 e. The van der Waals surface area contributed by atoms with E-state index in [1.54, 1.807) is 0 Å². The molecular weight excluding hydrogens is 394 g/mol. The van der Waals surface area contributed by atoms with E-state index in [1.165, 1.54) is 4.90 Å². The Morgan fingerprint density at radius 1 is 0.793 bits per heavy atom. The van der Waals surface area contributed by atoms with Gasteiger partial charge in [0.25, 0.3) is 0 Å². The molecule has 1 unspecified atom stereocenters. The number of unbranched alkanes of at least 4 members (excludes halogenated alkanes) is 4. The Bertz CT molecular complexity index is 466. The highest BCUT2D eigenvalue weighted by Crippen LogP contribution is 2.20. The quantitative estimate of drug-likeness (QED) is 0.170. The van der Waals surface area contributed by atoms with Gasteiger partial charge >= 0.3 is 12.1 Å². The van der Waals surface area contributed by atoms with Gasteiger partial charge in [-0.15, -0.1) is 0 Å². The van der Waals surface area contributed by atoms with Crippen LogP contribution in [0.25, 0.3) is 0 Å². The summed E-state index contributed by atoms with van der Waals surface area (Å²) >= 11 is 0. The Balaban J connectivity index is 2.13. The third-order valence-electron chi connectivity index (χ3n) is 4.22. The summed E-state index contributed by atoms with van der Waals surface area (Å²) in [5, 5.41) is 32.8. The molecule has 1 saturated heterocycles. The Morgan fingerprint density at radius 3 is 1.93 bits per heavy atom. The van der Waals surface area contributed by atoms with Gasteiger partial charge in [-0.25, -0.2) is 9.59 Å². The molecule has 1 atom stereocenters. The molecule has 1 rings (SSSR count). The molecule has 0 aliphatic carbocycles. The number of nitrogens with zero attached hydrogens (tertiary/aromatic N) is 3. The Hall–Kier alpha value is -1.58. The first kappa shape index (κ1) is 25.5. The van der Waals surface area contributed by atoms with Gasteiger partial charge in [0.2, 0.25) is 0 Å². The van der Waals surface area contributed by atoms with Crippen molar-refractivity contribution in [1.29, 1.82) is 0 Å². The van der Waals surface area contributed by atoms with Gasteiger partial charge in [0.15, 0.2) is 0 Å². The van der Waals surface area contributed by atoms with Crippen LogP contribution in [0.1, 0.15) is 51.4 Å². The number of ether oxygens (including phenoxy) is 2. The van der Waals surface area contributed by atoms with Crippen LogP contribution in [-0.2, 0) is 23.9 Å². The van der Waals surface area contributed by atoms with Gasteiger partial charge in [-0.05, 0) is 44.9 Å². The van der Waals surface area contributed by atoms with Crippen molar-refractivity contribution in [3.8, 4) is 0 Å². The highest BCUT2D eigenvalue weighted by Gasteiger charge is 2.36. The third-order valence-corrected chi connectivity index (χ3v) is 4.22. The molecular formula is C16H31N3O10. The van der Waals surface area contributed by atoms with Crippen LogP contribution < -0.4 is 0 Å². The highest BCUT2D eigenvalue weighted by molar-refractivity contribution is 5.82. The lowest BCUT2D eigenvalue weighted by atomic mass is 10.2. The van der Waals surface area contributed by atoms with Crippen molar-refractivity contribution in [3.63, 3.8) is 0 Å². The summed E-state index contributed by atoms with van der Waals surface area (Å²) in [7, 11) is 0. The summed E-state index contributed by atoms with van der Waals surface area (Å²) in [5.74, 6) is -0.479. The van der Waals surface area contributed by atoms with Crippen molar-refractivity contribution in [3.05, 3.63) is 0 Å². The first-order valence-electron chi connectivity index (χ1n) is 9.63. The maximum atomic E-state index is 12.2. The Kier molecular flexibility index (Phi) is 13.4. The summed E-state index contributed by atoms with van der Waals surface area (Å²) in [6.45, 7) is 1.06. The van der Waals surface area contributed by atoms with E-state index in [4.69, 9.17) is 30.3 Å². The summed E-state index contributed by atoms with van der Waals surface area (Å²) in [6.07, 6.45) is 4.47. The predicted molar refractivity (Wildman–Crippen MR) is 92.5 cm³/mol. The van der Waals surface area contributed by atoms with Crippen LogP contribution in [0.2, 0.25) is 0 Å². The van der Waals surface area contributed by atoms with Crippen molar-refractivity contribution in [1.82, 2.24) is 15.7 Å². The van der Waals surface area contributed by atoms with E-state index in [2.05, 4.69) is 9.68 Å². The van der Waals surface area contributed by atoms with Gasteiger partial charge in [0.1, 0.15) is 6.04 Å². The van der Waals surface area contributed by atoms with E-state index >= 15 is 0 Å². The third kappa shape index (κ3) is 11.9. The molecule has 0 radical (unpaired) electrons. The molecule has 170 valence electrons. The van der Waals surface area contributed by atoms with E-state index in [0.29, 0.717) is 45.1 Å². The lowest BCUT2D eigenvalue weighted by Crippen LogP contribution is -2.41. The van der Waals surface area contributed by atoms with Gasteiger partial charge < -0.3 is 9.47 Å². The van der Waals surface area contributed by atoms with Gasteiger partial charge in [-0.1, -0.05) is 6.42 Å². The highest BCUT2D eigenvalue weighted by atomic mass is 17.1. The van der Waals surface area contributed by atoms with Crippen LogP contribution in [-0.4, -0.2) is 87.6 Å². The molecule has 13 heteroatoms. The number of amides is 1. The Labute approximate surface area is 168 Å². The molecule has 29 heavy (non-hydrogen) atoms. The molecule has 0 aromatic rings. The lowest BCUT2D eigenvalue weighted by Gasteiger charge is -2.22. The van der Waals surface area contributed by atoms with Gasteiger partial charge in [0, 0.05) is 6.54 Å². The molecule has 1 heterocycles. The van der Waals surface area contributed by atoms with Crippen LogP contribution in [0.3, 0.4) is 0 Å². The van der Waals surface area contributed by atoms with Gasteiger partial charge in [0.05, 0.1) is 37.2 Å². The standard InChI is InChI=1S/C16H31N3O10/c20-15(26-10-5-6-13-29-19(24)25)14-8-7-9-17(14)16(21)27-11-3-1-2-4-12-28-18(22)23/h14,22-25H,1-13H2. The zero-order valence-electron chi connectivity index (χ0n) is 16.3. The number of esters is 1. The Morgan fingerprint density at radius 2 is 1.31 bits per heavy atom. The molecule has 0 saturated carbocycles. The lowest BCUT2D eigenvalue weighted by molar-refractivity contribution is -0.492. The second kappa shape index (κ2) is 15.3. The van der Waals surface area contributed by atoms with Gasteiger partial charge in [-0.3, -0.25) is 35.4 Å². The molecule has 1 amide bonds. The van der Waals surface area contributed by atoms with Crippen LogP contribution in [0.4, 0.5) is 4.79 Å². The van der Waals surface area contributed by atoms with E-state index in [9.17, 15) is 9.59 Å². The number of hydrogen-bond acceptors (Lipinski definition) is 12. The summed E-state index contributed by atoms with van der Waals surface area (Å²) in [4.78, 5) is 34.6. The molecule has 1 fully saturated rings. The fourth-order valence-corrected chi connectivity index (χ4v) is 2.80.